The molecule has 0 spiro atoms. The predicted molar refractivity (Wildman–Crippen MR) is 89.1 cm³/mol. The van der Waals surface area contributed by atoms with E-state index < -0.39 is 12.7 Å². The van der Waals surface area contributed by atoms with Crippen molar-refractivity contribution in [3.63, 3.8) is 0 Å². The summed E-state index contributed by atoms with van der Waals surface area (Å²) in [5.41, 5.74) is 7.43. The van der Waals surface area contributed by atoms with Crippen LogP contribution in [0.3, 0.4) is 0 Å². The monoisotopic (exact) mass is 298 g/mol. The first-order valence-corrected chi connectivity index (χ1v) is 6.81. The minimum atomic E-state index is -1.11. The highest BCUT2D eigenvalue weighted by molar-refractivity contribution is 6.32. The highest BCUT2D eigenvalue weighted by atomic mass is 16.3. The first-order chi connectivity index (χ1) is 10.8. The lowest BCUT2D eigenvalue weighted by molar-refractivity contribution is 0.146. The zero-order chi connectivity index (χ0) is 15.6. The SMILES string of the molecule is OC[C@H](O)C(/C=N/Nc1ccccc1)=N/Nc1ccccc1. The Morgan fingerprint density at radius 3 is 2.05 bits per heavy atom. The maximum absolute atomic E-state index is 9.75. The van der Waals surface area contributed by atoms with Crippen LogP contribution in [0.25, 0.3) is 0 Å². The lowest BCUT2D eigenvalue weighted by Crippen LogP contribution is -2.27. The number of hydrogen-bond donors (Lipinski definition) is 4. The lowest BCUT2D eigenvalue weighted by Gasteiger charge is -2.08. The Kier molecular flexibility index (Phi) is 6.10. The van der Waals surface area contributed by atoms with Crippen LogP contribution >= 0.6 is 0 Å². The number of benzene rings is 2. The van der Waals surface area contributed by atoms with Gasteiger partial charge < -0.3 is 10.2 Å². The van der Waals surface area contributed by atoms with Gasteiger partial charge in [0.05, 0.1) is 24.2 Å². The van der Waals surface area contributed by atoms with Crippen LogP contribution in [0.4, 0.5) is 11.4 Å². The zero-order valence-corrected chi connectivity index (χ0v) is 11.9. The number of aliphatic hydroxyl groups excluding tert-OH is 2. The molecule has 0 unspecified atom stereocenters. The van der Waals surface area contributed by atoms with Crippen LogP contribution in [-0.4, -0.2) is 34.9 Å². The molecule has 0 fully saturated rings. The topological polar surface area (TPSA) is 89.2 Å². The summed E-state index contributed by atoms with van der Waals surface area (Å²) in [4.78, 5) is 0. The van der Waals surface area contributed by atoms with Crippen LogP contribution in [-0.2, 0) is 0 Å². The highest BCUT2D eigenvalue weighted by Crippen LogP contribution is 2.06. The normalized spacial score (nSPS) is 13.1. The van der Waals surface area contributed by atoms with Gasteiger partial charge in [0.2, 0.25) is 0 Å². The fourth-order valence-corrected chi connectivity index (χ4v) is 1.61. The Morgan fingerprint density at radius 1 is 0.955 bits per heavy atom. The van der Waals surface area contributed by atoms with Gasteiger partial charge in [-0.05, 0) is 24.3 Å². The van der Waals surface area contributed by atoms with Crippen molar-refractivity contribution in [2.45, 2.75) is 6.10 Å². The number of aliphatic hydroxyl groups is 2. The minimum absolute atomic E-state index is 0.217. The molecule has 6 nitrogen and oxygen atoms in total. The smallest absolute Gasteiger partial charge is 0.122 e. The maximum Gasteiger partial charge on any atom is 0.122 e. The summed E-state index contributed by atoms with van der Waals surface area (Å²) in [7, 11) is 0. The van der Waals surface area contributed by atoms with Crippen LogP contribution in [0, 0.1) is 0 Å². The number of hydrogen-bond acceptors (Lipinski definition) is 6. The molecule has 0 aliphatic heterocycles. The van der Waals surface area contributed by atoms with Crippen LogP contribution < -0.4 is 10.9 Å². The molecule has 1 atom stereocenters. The second-order valence-electron chi connectivity index (χ2n) is 4.45. The van der Waals surface area contributed by atoms with E-state index in [0.29, 0.717) is 0 Å². The summed E-state index contributed by atoms with van der Waals surface area (Å²) in [6.07, 6.45) is 0.252. The molecule has 0 aromatic heterocycles. The number of rotatable bonds is 7. The fraction of sp³-hybridized carbons (Fsp3) is 0.125. The summed E-state index contributed by atoms with van der Waals surface area (Å²) in [6, 6.07) is 18.7. The predicted octanol–water partition coefficient (Wildman–Crippen LogP) is 1.91. The quantitative estimate of drug-likeness (QED) is 0.464. The molecule has 2 aromatic rings. The Hall–Kier alpha value is -2.70. The number of nitrogens with one attached hydrogen (secondary N) is 2. The molecule has 0 saturated carbocycles. The summed E-state index contributed by atoms with van der Waals surface area (Å²) in [6.45, 7) is -0.438. The van der Waals surface area contributed by atoms with E-state index in [9.17, 15) is 5.11 Å². The van der Waals surface area contributed by atoms with Gasteiger partial charge in [-0.2, -0.15) is 10.2 Å². The minimum Gasteiger partial charge on any atom is -0.393 e. The Bertz CT molecular complexity index is 615. The molecule has 0 bridgehead atoms. The van der Waals surface area contributed by atoms with Gasteiger partial charge >= 0.3 is 0 Å². The Morgan fingerprint density at radius 2 is 1.50 bits per heavy atom. The molecule has 2 aromatic carbocycles. The summed E-state index contributed by atoms with van der Waals surface area (Å²) in [5, 5.41) is 26.9. The number of hydrazone groups is 2. The van der Waals surface area contributed by atoms with Crippen molar-refractivity contribution < 1.29 is 10.2 Å². The van der Waals surface area contributed by atoms with Gasteiger partial charge in [-0.1, -0.05) is 36.4 Å². The third-order valence-electron chi connectivity index (χ3n) is 2.77. The van der Waals surface area contributed by atoms with Crippen molar-refractivity contribution in [2.24, 2.45) is 10.2 Å². The lowest BCUT2D eigenvalue weighted by atomic mass is 10.2. The van der Waals surface area contributed by atoms with E-state index in [-0.39, 0.29) is 5.71 Å². The number of anilines is 2. The van der Waals surface area contributed by atoms with Crippen molar-refractivity contribution in [1.29, 1.82) is 0 Å². The molecule has 0 saturated heterocycles. The Balaban J connectivity index is 2.02. The zero-order valence-electron chi connectivity index (χ0n) is 11.9. The van der Waals surface area contributed by atoms with Crippen molar-refractivity contribution in [3.05, 3.63) is 60.7 Å². The van der Waals surface area contributed by atoms with Crippen LogP contribution in [0.2, 0.25) is 0 Å². The second kappa shape index (κ2) is 8.56. The van der Waals surface area contributed by atoms with Crippen LogP contribution in [0.1, 0.15) is 0 Å². The van der Waals surface area contributed by atoms with Gasteiger partial charge in [0.1, 0.15) is 11.8 Å². The molecule has 6 heteroatoms. The number of para-hydroxylation sites is 2. The molecular weight excluding hydrogens is 280 g/mol. The summed E-state index contributed by atoms with van der Waals surface area (Å²) in [5.74, 6) is 0. The molecule has 114 valence electrons. The van der Waals surface area contributed by atoms with Crippen molar-refractivity contribution in [3.8, 4) is 0 Å². The van der Waals surface area contributed by atoms with E-state index in [1.807, 2.05) is 60.7 Å². The first-order valence-electron chi connectivity index (χ1n) is 6.81. The third kappa shape index (κ3) is 5.01. The second-order valence-corrected chi connectivity index (χ2v) is 4.45. The molecule has 4 N–H and O–H groups in total. The molecule has 2 rings (SSSR count). The van der Waals surface area contributed by atoms with Gasteiger partial charge in [-0.15, -0.1) is 0 Å². The van der Waals surface area contributed by atoms with E-state index in [0.717, 1.165) is 11.4 Å². The van der Waals surface area contributed by atoms with Crippen molar-refractivity contribution >= 4 is 23.3 Å². The van der Waals surface area contributed by atoms with Gasteiger partial charge in [0, 0.05) is 0 Å². The molecule has 0 aliphatic carbocycles. The van der Waals surface area contributed by atoms with E-state index in [1.165, 1.54) is 6.21 Å². The molecular formula is C16H18N4O2. The van der Waals surface area contributed by atoms with E-state index in [4.69, 9.17) is 5.11 Å². The van der Waals surface area contributed by atoms with E-state index >= 15 is 0 Å². The summed E-state index contributed by atoms with van der Waals surface area (Å²) >= 11 is 0. The largest absolute Gasteiger partial charge is 0.393 e. The molecule has 0 radical (unpaired) electrons. The fourth-order valence-electron chi connectivity index (χ4n) is 1.61. The maximum atomic E-state index is 9.75. The Labute approximate surface area is 128 Å². The molecule has 0 amide bonds. The van der Waals surface area contributed by atoms with Gasteiger partial charge in [-0.3, -0.25) is 10.9 Å². The van der Waals surface area contributed by atoms with Crippen molar-refractivity contribution in [2.75, 3.05) is 17.5 Å². The third-order valence-corrected chi connectivity index (χ3v) is 2.77. The molecule has 22 heavy (non-hydrogen) atoms. The average molecular weight is 298 g/mol. The van der Waals surface area contributed by atoms with Crippen LogP contribution in [0.15, 0.2) is 70.9 Å². The number of nitrogens with zero attached hydrogens (tertiary/aromatic N) is 2. The highest BCUT2D eigenvalue weighted by Gasteiger charge is 2.09. The van der Waals surface area contributed by atoms with E-state index in [2.05, 4.69) is 21.1 Å². The first kappa shape index (κ1) is 15.7. The molecule has 0 heterocycles. The standard InChI is InChI=1S/C16H18N4O2/c21-12-16(22)15(20-19-14-9-5-2-6-10-14)11-17-18-13-7-3-1-4-8-13/h1-11,16,18-19,21-22H,12H2/b17-11+,20-15+/t16-/m0/s1. The van der Waals surface area contributed by atoms with E-state index in [1.54, 1.807) is 0 Å². The van der Waals surface area contributed by atoms with Gasteiger partial charge in [0.15, 0.2) is 0 Å². The van der Waals surface area contributed by atoms with Gasteiger partial charge in [-0.25, -0.2) is 0 Å². The van der Waals surface area contributed by atoms with Crippen LogP contribution in [0.5, 0.6) is 0 Å². The van der Waals surface area contributed by atoms with Crippen molar-refractivity contribution in [1.82, 2.24) is 0 Å². The average Bonchev–Trinajstić information content (AvgIpc) is 2.59. The van der Waals surface area contributed by atoms with Gasteiger partial charge in [0.25, 0.3) is 0 Å². The molecule has 0 aliphatic rings. The summed E-state index contributed by atoms with van der Waals surface area (Å²) < 4.78 is 0.